The number of ether oxygens (including phenoxy) is 1. The minimum absolute atomic E-state index is 0. The third-order valence-electron chi connectivity index (χ3n) is 3.57. The maximum Gasteiger partial charge on any atom is 0.142 e. The highest BCUT2D eigenvalue weighted by Crippen LogP contribution is 2.32. The Labute approximate surface area is 138 Å². The minimum Gasteiger partial charge on any atom is -0.485 e. The Balaban J connectivity index is 0.00000176. The van der Waals surface area contributed by atoms with Gasteiger partial charge in [-0.25, -0.2) is 8.78 Å². The Bertz CT molecular complexity index is 650. The lowest BCUT2D eigenvalue weighted by atomic mass is 9.90. The van der Waals surface area contributed by atoms with Crippen molar-refractivity contribution in [3.63, 3.8) is 0 Å². The molecule has 0 spiro atoms. The van der Waals surface area contributed by atoms with Crippen LogP contribution in [0.3, 0.4) is 0 Å². The van der Waals surface area contributed by atoms with Crippen molar-refractivity contribution in [2.45, 2.75) is 6.10 Å². The summed E-state index contributed by atoms with van der Waals surface area (Å²) >= 11 is 5.72. The first-order chi connectivity index (χ1) is 10.1. The molecule has 0 aromatic heterocycles. The smallest absolute Gasteiger partial charge is 0.142 e. The SMILES string of the molecule is Cl.Fc1cccc(OC(c2ccc(Cl)c(F)c2)C2CNC2)c1. The lowest BCUT2D eigenvalue weighted by Crippen LogP contribution is -2.46. The molecule has 1 unspecified atom stereocenters. The summed E-state index contributed by atoms with van der Waals surface area (Å²) in [5.74, 6) is -0.189. The average molecular weight is 346 g/mol. The molecular weight excluding hydrogens is 331 g/mol. The number of halogens is 4. The lowest BCUT2D eigenvalue weighted by molar-refractivity contribution is 0.0987. The summed E-state index contributed by atoms with van der Waals surface area (Å²) in [7, 11) is 0. The molecular formula is C16H15Cl2F2NO. The van der Waals surface area contributed by atoms with Gasteiger partial charge >= 0.3 is 0 Å². The van der Waals surface area contributed by atoms with Crippen LogP contribution in [-0.4, -0.2) is 13.1 Å². The molecule has 1 fully saturated rings. The van der Waals surface area contributed by atoms with E-state index in [0.29, 0.717) is 11.3 Å². The molecule has 1 aliphatic rings. The van der Waals surface area contributed by atoms with Crippen molar-refractivity contribution in [3.05, 3.63) is 64.7 Å². The Morgan fingerprint density at radius 2 is 1.91 bits per heavy atom. The van der Waals surface area contributed by atoms with E-state index in [1.165, 1.54) is 24.3 Å². The number of benzene rings is 2. The van der Waals surface area contributed by atoms with Crippen molar-refractivity contribution in [2.75, 3.05) is 13.1 Å². The molecule has 0 amide bonds. The zero-order valence-electron chi connectivity index (χ0n) is 11.6. The van der Waals surface area contributed by atoms with Gasteiger partial charge in [-0.15, -0.1) is 12.4 Å². The van der Waals surface area contributed by atoms with Crippen molar-refractivity contribution < 1.29 is 13.5 Å². The van der Waals surface area contributed by atoms with Crippen LogP contribution < -0.4 is 10.1 Å². The fourth-order valence-electron chi connectivity index (χ4n) is 2.34. The molecule has 0 bridgehead atoms. The maximum absolute atomic E-state index is 13.7. The summed E-state index contributed by atoms with van der Waals surface area (Å²) in [4.78, 5) is 0. The zero-order valence-corrected chi connectivity index (χ0v) is 13.1. The summed E-state index contributed by atoms with van der Waals surface area (Å²) in [5.41, 5.74) is 0.702. The molecule has 0 radical (unpaired) electrons. The van der Waals surface area contributed by atoms with Crippen molar-refractivity contribution in [1.29, 1.82) is 0 Å². The first-order valence-electron chi connectivity index (χ1n) is 6.71. The van der Waals surface area contributed by atoms with E-state index in [-0.39, 0.29) is 35.3 Å². The molecule has 1 aliphatic heterocycles. The van der Waals surface area contributed by atoms with Crippen molar-refractivity contribution >= 4 is 24.0 Å². The van der Waals surface area contributed by atoms with Crippen LogP contribution in [0.5, 0.6) is 5.75 Å². The second kappa shape index (κ2) is 7.27. The second-order valence-corrected chi connectivity index (χ2v) is 5.49. The summed E-state index contributed by atoms with van der Waals surface area (Å²) < 4.78 is 32.8. The number of hydrogen-bond acceptors (Lipinski definition) is 2. The molecule has 1 heterocycles. The summed E-state index contributed by atoms with van der Waals surface area (Å²) in [6.45, 7) is 1.56. The third-order valence-corrected chi connectivity index (χ3v) is 3.88. The van der Waals surface area contributed by atoms with Gasteiger partial charge in [0.25, 0.3) is 0 Å². The van der Waals surface area contributed by atoms with E-state index in [4.69, 9.17) is 16.3 Å². The normalized spacial score (nSPS) is 15.6. The van der Waals surface area contributed by atoms with Crippen LogP contribution in [0.25, 0.3) is 0 Å². The van der Waals surface area contributed by atoms with Gasteiger partial charge in [0.05, 0.1) is 5.02 Å². The topological polar surface area (TPSA) is 21.3 Å². The van der Waals surface area contributed by atoms with E-state index in [1.807, 2.05) is 0 Å². The van der Waals surface area contributed by atoms with E-state index in [2.05, 4.69) is 5.32 Å². The Hall–Kier alpha value is -1.36. The molecule has 22 heavy (non-hydrogen) atoms. The van der Waals surface area contributed by atoms with Gasteiger partial charge in [0.2, 0.25) is 0 Å². The number of hydrogen-bond donors (Lipinski definition) is 1. The number of rotatable bonds is 4. The molecule has 118 valence electrons. The molecule has 1 saturated heterocycles. The summed E-state index contributed by atoms with van der Waals surface area (Å²) in [6.07, 6.45) is -0.334. The first-order valence-corrected chi connectivity index (χ1v) is 7.09. The van der Waals surface area contributed by atoms with Gasteiger partial charge in [-0.3, -0.25) is 0 Å². The molecule has 0 saturated carbocycles. The molecule has 2 nitrogen and oxygen atoms in total. The molecule has 1 atom stereocenters. The molecule has 2 aromatic carbocycles. The molecule has 1 N–H and O–H groups in total. The van der Waals surface area contributed by atoms with Gasteiger partial charge < -0.3 is 10.1 Å². The zero-order chi connectivity index (χ0) is 14.8. The predicted molar refractivity (Wildman–Crippen MR) is 84.8 cm³/mol. The van der Waals surface area contributed by atoms with Crippen LogP contribution in [-0.2, 0) is 0 Å². The van der Waals surface area contributed by atoms with E-state index >= 15 is 0 Å². The predicted octanol–water partition coefficient (Wildman–Crippen LogP) is 4.38. The lowest BCUT2D eigenvalue weighted by Gasteiger charge is -2.35. The highest BCUT2D eigenvalue weighted by atomic mass is 35.5. The maximum atomic E-state index is 13.7. The summed E-state index contributed by atoms with van der Waals surface area (Å²) in [6, 6.07) is 10.6. The number of nitrogens with one attached hydrogen (secondary N) is 1. The van der Waals surface area contributed by atoms with E-state index in [0.717, 1.165) is 13.1 Å². The van der Waals surface area contributed by atoms with Crippen molar-refractivity contribution in [3.8, 4) is 5.75 Å². The van der Waals surface area contributed by atoms with Gasteiger partial charge in [-0.1, -0.05) is 23.7 Å². The highest BCUT2D eigenvalue weighted by molar-refractivity contribution is 6.30. The van der Waals surface area contributed by atoms with Gasteiger partial charge in [0.1, 0.15) is 23.5 Å². The average Bonchev–Trinajstić information content (AvgIpc) is 2.39. The fraction of sp³-hybridized carbons (Fsp3) is 0.250. The van der Waals surface area contributed by atoms with Crippen LogP contribution in [0, 0.1) is 17.6 Å². The third kappa shape index (κ3) is 3.69. The Kier molecular flexibility index (Phi) is 5.62. The van der Waals surface area contributed by atoms with Crippen LogP contribution in [0.1, 0.15) is 11.7 Å². The molecule has 6 heteroatoms. The highest BCUT2D eigenvalue weighted by Gasteiger charge is 2.30. The van der Waals surface area contributed by atoms with E-state index < -0.39 is 5.82 Å². The quantitative estimate of drug-likeness (QED) is 0.887. The summed E-state index contributed by atoms with van der Waals surface area (Å²) in [5, 5.41) is 3.24. The van der Waals surface area contributed by atoms with Crippen molar-refractivity contribution in [2.24, 2.45) is 5.92 Å². The van der Waals surface area contributed by atoms with E-state index in [9.17, 15) is 8.78 Å². The Morgan fingerprint density at radius 1 is 1.14 bits per heavy atom. The van der Waals surface area contributed by atoms with Crippen LogP contribution in [0.2, 0.25) is 5.02 Å². The standard InChI is InChI=1S/C16H14ClF2NO.ClH/c17-14-5-4-10(6-15(14)19)16(11-8-20-9-11)21-13-3-1-2-12(18)7-13;/h1-7,11,16,20H,8-9H2;1H. The van der Waals surface area contributed by atoms with Gasteiger partial charge in [-0.05, 0) is 29.8 Å². The monoisotopic (exact) mass is 345 g/mol. The minimum atomic E-state index is -0.478. The molecule has 0 aliphatic carbocycles. The molecule has 2 aromatic rings. The molecule has 3 rings (SSSR count). The van der Waals surface area contributed by atoms with Gasteiger partial charge in [-0.2, -0.15) is 0 Å². The van der Waals surface area contributed by atoms with Gasteiger partial charge in [0.15, 0.2) is 0 Å². The van der Waals surface area contributed by atoms with Crippen LogP contribution in [0.15, 0.2) is 42.5 Å². The largest absolute Gasteiger partial charge is 0.485 e. The van der Waals surface area contributed by atoms with Crippen LogP contribution >= 0.6 is 24.0 Å². The van der Waals surface area contributed by atoms with Crippen molar-refractivity contribution in [1.82, 2.24) is 5.32 Å². The van der Waals surface area contributed by atoms with Gasteiger partial charge in [0, 0.05) is 25.1 Å². The first kappa shape index (κ1) is 17.0. The second-order valence-electron chi connectivity index (χ2n) is 5.09. The van der Waals surface area contributed by atoms with E-state index in [1.54, 1.807) is 18.2 Å². The van der Waals surface area contributed by atoms with Crippen LogP contribution in [0.4, 0.5) is 8.78 Å². The Morgan fingerprint density at radius 3 is 2.50 bits per heavy atom. The fourth-order valence-corrected chi connectivity index (χ4v) is 2.46.